The topological polar surface area (TPSA) is 50.8 Å². The summed E-state index contributed by atoms with van der Waals surface area (Å²) >= 11 is 3.45. The van der Waals surface area contributed by atoms with Gasteiger partial charge in [-0.3, -0.25) is 4.79 Å². The second-order valence-corrected chi connectivity index (χ2v) is 7.56. The van der Waals surface area contributed by atoms with Crippen LogP contribution in [0.5, 0.6) is 11.5 Å². The first-order valence-corrected chi connectivity index (χ1v) is 10.1. The Labute approximate surface area is 158 Å². The predicted octanol–water partition coefficient (Wildman–Crippen LogP) is 3.61. The third kappa shape index (κ3) is 5.35. The standard InChI is InChI=1S/C19H27BrN2O3/c20-16-13-15(14-17-18(16)25-12-11-24-17)19(23)21-7-3-1-4-8-22-9-5-2-6-10-22/h13-14H,1-12H2,(H,21,23). The van der Waals surface area contributed by atoms with Gasteiger partial charge in [0.25, 0.3) is 5.91 Å². The number of likely N-dealkylation sites (tertiary alicyclic amines) is 1. The highest BCUT2D eigenvalue weighted by Gasteiger charge is 2.18. The van der Waals surface area contributed by atoms with E-state index in [1.807, 2.05) is 0 Å². The van der Waals surface area contributed by atoms with Gasteiger partial charge in [-0.15, -0.1) is 0 Å². The first-order valence-electron chi connectivity index (χ1n) is 9.34. The lowest BCUT2D eigenvalue weighted by molar-refractivity contribution is 0.0951. The maximum atomic E-state index is 12.3. The fraction of sp³-hybridized carbons (Fsp3) is 0.632. The van der Waals surface area contributed by atoms with Gasteiger partial charge in [-0.25, -0.2) is 0 Å². The Hall–Kier alpha value is -1.27. The maximum absolute atomic E-state index is 12.3. The second kappa shape index (κ2) is 9.43. The molecule has 0 unspecified atom stereocenters. The van der Waals surface area contributed by atoms with Crippen LogP contribution in [0.15, 0.2) is 16.6 Å². The summed E-state index contributed by atoms with van der Waals surface area (Å²) in [6.45, 7) is 5.48. The smallest absolute Gasteiger partial charge is 0.251 e. The number of benzene rings is 1. The SMILES string of the molecule is O=C(NCCCCCN1CCCCC1)c1cc(Br)c2c(c1)OCCO2. The molecule has 0 aliphatic carbocycles. The molecule has 0 saturated carbocycles. The normalized spacial score (nSPS) is 17.3. The van der Waals surface area contributed by atoms with E-state index in [2.05, 4.69) is 26.1 Å². The molecule has 1 aromatic carbocycles. The van der Waals surface area contributed by atoms with E-state index in [0.29, 0.717) is 36.8 Å². The van der Waals surface area contributed by atoms with Crippen LogP contribution in [0.2, 0.25) is 0 Å². The highest BCUT2D eigenvalue weighted by molar-refractivity contribution is 9.10. The number of carbonyl (C=O) groups is 1. The molecule has 1 saturated heterocycles. The zero-order valence-electron chi connectivity index (χ0n) is 14.7. The fourth-order valence-corrected chi connectivity index (χ4v) is 3.92. The van der Waals surface area contributed by atoms with E-state index in [-0.39, 0.29) is 5.91 Å². The zero-order chi connectivity index (χ0) is 17.5. The van der Waals surface area contributed by atoms with Gasteiger partial charge >= 0.3 is 0 Å². The van der Waals surface area contributed by atoms with Crippen LogP contribution in [0, 0.1) is 0 Å². The number of ether oxygens (including phenoxy) is 2. The minimum absolute atomic E-state index is 0.0614. The lowest BCUT2D eigenvalue weighted by atomic mass is 10.1. The van der Waals surface area contributed by atoms with Gasteiger partial charge in [0, 0.05) is 12.1 Å². The molecule has 1 amide bonds. The van der Waals surface area contributed by atoms with Crippen LogP contribution < -0.4 is 14.8 Å². The number of carbonyl (C=O) groups excluding carboxylic acids is 1. The van der Waals surface area contributed by atoms with Crippen LogP contribution >= 0.6 is 15.9 Å². The fourth-order valence-electron chi connectivity index (χ4n) is 3.37. The lowest BCUT2D eigenvalue weighted by Crippen LogP contribution is -2.30. The molecule has 1 fully saturated rings. The van der Waals surface area contributed by atoms with Gasteiger partial charge in [0.2, 0.25) is 0 Å². The van der Waals surface area contributed by atoms with Crippen molar-refractivity contribution in [1.82, 2.24) is 10.2 Å². The molecule has 25 heavy (non-hydrogen) atoms. The number of halogens is 1. The van der Waals surface area contributed by atoms with E-state index in [1.165, 1.54) is 45.3 Å². The Balaban J connectivity index is 1.37. The quantitative estimate of drug-likeness (QED) is 0.697. The van der Waals surface area contributed by atoms with E-state index < -0.39 is 0 Å². The summed E-state index contributed by atoms with van der Waals surface area (Å²) < 4.78 is 11.9. The van der Waals surface area contributed by atoms with Gasteiger partial charge < -0.3 is 19.7 Å². The highest BCUT2D eigenvalue weighted by Crippen LogP contribution is 2.38. The van der Waals surface area contributed by atoms with Crippen LogP contribution in [0.25, 0.3) is 0 Å². The van der Waals surface area contributed by atoms with Gasteiger partial charge in [0.15, 0.2) is 11.5 Å². The molecule has 0 radical (unpaired) electrons. The second-order valence-electron chi connectivity index (χ2n) is 6.70. The molecular formula is C19H27BrN2O3. The number of fused-ring (bicyclic) bond motifs is 1. The molecule has 3 rings (SSSR count). The van der Waals surface area contributed by atoms with E-state index in [1.54, 1.807) is 12.1 Å². The van der Waals surface area contributed by atoms with Crippen molar-refractivity contribution in [2.45, 2.75) is 38.5 Å². The third-order valence-electron chi connectivity index (χ3n) is 4.74. The molecule has 0 bridgehead atoms. The summed E-state index contributed by atoms with van der Waals surface area (Å²) in [5, 5.41) is 3.00. The number of hydrogen-bond acceptors (Lipinski definition) is 4. The first-order chi connectivity index (χ1) is 12.2. The molecule has 138 valence electrons. The van der Waals surface area contributed by atoms with Gasteiger partial charge in [0.1, 0.15) is 13.2 Å². The van der Waals surface area contributed by atoms with Gasteiger partial charge in [0.05, 0.1) is 4.47 Å². The molecule has 2 aliphatic heterocycles. The lowest BCUT2D eigenvalue weighted by Gasteiger charge is -2.26. The summed E-state index contributed by atoms with van der Waals surface area (Å²) in [6.07, 6.45) is 7.47. The Morgan fingerprint density at radius 1 is 1.08 bits per heavy atom. The molecule has 2 heterocycles. The Kier molecular flexibility index (Phi) is 6.99. The Morgan fingerprint density at radius 2 is 1.88 bits per heavy atom. The number of rotatable bonds is 7. The van der Waals surface area contributed by atoms with E-state index in [0.717, 1.165) is 17.3 Å². The molecular weight excluding hydrogens is 384 g/mol. The number of amides is 1. The van der Waals surface area contributed by atoms with E-state index in [9.17, 15) is 4.79 Å². The Bertz CT molecular complexity index is 588. The van der Waals surface area contributed by atoms with Crippen LogP contribution in [-0.4, -0.2) is 50.2 Å². The van der Waals surface area contributed by atoms with E-state index in [4.69, 9.17) is 9.47 Å². The largest absolute Gasteiger partial charge is 0.486 e. The van der Waals surface area contributed by atoms with E-state index >= 15 is 0 Å². The summed E-state index contributed by atoms with van der Waals surface area (Å²) in [5.41, 5.74) is 0.601. The molecule has 6 heteroatoms. The Morgan fingerprint density at radius 3 is 2.72 bits per heavy atom. The van der Waals surface area contributed by atoms with Crippen molar-refractivity contribution in [2.24, 2.45) is 0 Å². The highest BCUT2D eigenvalue weighted by atomic mass is 79.9. The van der Waals surface area contributed by atoms with Crippen molar-refractivity contribution < 1.29 is 14.3 Å². The van der Waals surface area contributed by atoms with Crippen molar-refractivity contribution in [3.63, 3.8) is 0 Å². The van der Waals surface area contributed by atoms with Crippen LogP contribution in [-0.2, 0) is 0 Å². The van der Waals surface area contributed by atoms with Crippen molar-refractivity contribution in [2.75, 3.05) is 39.4 Å². The predicted molar refractivity (Wildman–Crippen MR) is 102 cm³/mol. The van der Waals surface area contributed by atoms with Crippen molar-refractivity contribution in [3.05, 3.63) is 22.2 Å². The third-order valence-corrected chi connectivity index (χ3v) is 5.33. The van der Waals surface area contributed by atoms with Crippen LogP contribution in [0.3, 0.4) is 0 Å². The van der Waals surface area contributed by atoms with Crippen molar-refractivity contribution in [3.8, 4) is 11.5 Å². The first kappa shape index (κ1) is 18.5. The minimum atomic E-state index is -0.0614. The summed E-state index contributed by atoms with van der Waals surface area (Å²) in [7, 11) is 0. The van der Waals surface area contributed by atoms with Gasteiger partial charge in [-0.2, -0.15) is 0 Å². The average molecular weight is 411 g/mol. The molecule has 0 atom stereocenters. The molecule has 1 aromatic rings. The molecule has 0 spiro atoms. The summed E-state index contributed by atoms with van der Waals surface area (Å²) in [5.74, 6) is 1.25. The summed E-state index contributed by atoms with van der Waals surface area (Å²) in [6, 6.07) is 3.55. The zero-order valence-corrected chi connectivity index (χ0v) is 16.3. The van der Waals surface area contributed by atoms with Crippen molar-refractivity contribution >= 4 is 21.8 Å². The summed E-state index contributed by atoms with van der Waals surface area (Å²) in [4.78, 5) is 14.9. The number of nitrogens with zero attached hydrogens (tertiary/aromatic N) is 1. The molecule has 0 aromatic heterocycles. The van der Waals surface area contributed by atoms with Crippen LogP contribution in [0.1, 0.15) is 48.9 Å². The number of hydrogen-bond donors (Lipinski definition) is 1. The molecule has 5 nitrogen and oxygen atoms in total. The molecule has 2 aliphatic rings. The number of unbranched alkanes of at least 4 members (excludes halogenated alkanes) is 2. The van der Waals surface area contributed by atoms with Crippen molar-refractivity contribution in [1.29, 1.82) is 0 Å². The average Bonchev–Trinajstić information content (AvgIpc) is 2.65. The number of nitrogens with one attached hydrogen (secondary N) is 1. The maximum Gasteiger partial charge on any atom is 0.251 e. The number of piperidine rings is 1. The minimum Gasteiger partial charge on any atom is -0.486 e. The van der Waals surface area contributed by atoms with Gasteiger partial charge in [-0.05, 0) is 73.4 Å². The molecule has 1 N–H and O–H groups in total. The van der Waals surface area contributed by atoms with Gasteiger partial charge in [-0.1, -0.05) is 12.8 Å². The monoisotopic (exact) mass is 410 g/mol. The van der Waals surface area contributed by atoms with Crippen LogP contribution in [0.4, 0.5) is 0 Å².